The molecule has 0 bridgehead atoms. The van der Waals surface area contributed by atoms with Crippen molar-refractivity contribution in [2.75, 3.05) is 7.05 Å². The Hall–Kier alpha value is 0.828. The molecule has 0 aromatic heterocycles. The number of allylic oxidation sites excluding steroid dienone is 2. The number of rotatable bonds is 0. The van der Waals surface area contributed by atoms with Gasteiger partial charge in [-0.05, 0) is 0 Å². The number of fused-ring (bicyclic) bond motifs is 1. The Labute approximate surface area is 99.0 Å². The second-order valence-electron chi connectivity index (χ2n) is 2.58. The number of amidine groups is 1. The molecule has 13 heavy (non-hydrogen) atoms. The zero-order valence-corrected chi connectivity index (χ0v) is 13.4. The molecule has 7 heteroatoms. The molecule has 0 amide bonds. The number of hydrogen-bond acceptors (Lipinski definition) is 2. The summed E-state index contributed by atoms with van der Waals surface area (Å²) in [6.45, 7) is 0. The van der Waals surface area contributed by atoms with Crippen LogP contribution >= 0.6 is 0 Å². The van der Waals surface area contributed by atoms with E-state index in [4.69, 9.17) is 0 Å². The van der Waals surface area contributed by atoms with E-state index in [2.05, 4.69) is 26.4 Å². The Morgan fingerprint density at radius 1 is 1.31 bits per heavy atom. The first-order valence-corrected chi connectivity index (χ1v) is 15.4. The summed E-state index contributed by atoms with van der Waals surface area (Å²) >= 11 is 2.34. The Morgan fingerprint density at radius 2 is 2.23 bits per heavy atom. The van der Waals surface area contributed by atoms with Crippen LogP contribution in [0.4, 0.5) is 0 Å². The van der Waals surface area contributed by atoms with Crippen molar-refractivity contribution in [1.29, 1.82) is 0 Å². The fourth-order valence-corrected chi connectivity index (χ4v) is 12.4. The predicted molar refractivity (Wildman–Crippen MR) is 55.5 cm³/mol. The van der Waals surface area contributed by atoms with Gasteiger partial charge in [-0.3, -0.25) is 0 Å². The van der Waals surface area contributed by atoms with Crippen LogP contribution in [0.3, 0.4) is 0 Å². The molecule has 0 atom stereocenters. The van der Waals surface area contributed by atoms with Gasteiger partial charge in [0.15, 0.2) is 0 Å². The van der Waals surface area contributed by atoms with Gasteiger partial charge in [0.1, 0.15) is 0 Å². The van der Waals surface area contributed by atoms with E-state index in [9.17, 15) is 0 Å². The van der Waals surface area contributed by atoms with Crippen LogP contribution in [0.25, 0.3) is 0 Å². The summed E-state index contributed by atoms with van der Waals surface area (Å²) in [5, 5.41) is 0. The van der Waals surface area contributed by atoms with Crippen molar-refractivity contribution in [1.82, 2.24) is 9.23 Å². The fourth-order valence-electron chi connectivity index (χ4n) is 1.20. The van der Waals surface area contributed by atoms with E-state index < -0.39 is 0 Å². The number of likely N-dealkylation sites (N-methyl/N-ethyl adjacent to an activating group) is 1. The van der Waals surface area contributed by atoms with Crippen molar-refractivity contribution in [2.24, 2.45) is 4.01 Å². The van der Waals surface area contributed by atoms with Crippen LogP contribution in [-0.2, 0) is 0 Å². The van der Waals surface area contributed by atoms with Gasteiger partial charge in [-0.15, -0.1) is 0 Å². The Morgan fingerprint density at radius 3 is 3.15 bits per heavy atom. The van der Waals surface area contributed by atoms with Crippen molar-refractivity contribution in [3.8, 4) is 0 Å². The maximum atomic E-state index is 4.58. The van der Waals surface area contributed by atoms with Crippen LogP contribution in [0.1, 0.15) is 0 Å². The Kier molecular flexibility index (Phi) is 2.41. The average molecular weight is 434 g/mol. The molecule has 0 aromatic rings. The number of hydrogen-bond donors (Lipinski definition) is 0. The van der Waals surface area contributed by atoms with Gasteiger partial charge in [0.2, 0.25) is 0 Å². The van der Waals surface area contributed by atoms with Gasteiger partial charge < -0.3 is 0 Å². The first-order chi connectivity index (χ1) is 6.36. The molecule has 0 saturated heterocycles. The normalized spacial score (nSPS) is 25.2. The summed E-state index contributed by atoms with van der Waals surface area (Å²) in [5.74, 6) is 2.44. The molecule has 3 heterocycles. The van der Waals surface area contributed by atoms with Gasteiger partial charge >= 0.3 is 99.9 Å². The van der Waals surface area contributed by atoms with E-state index in [1.807, 2.05) is 0 Å². The minimum absolute atomic E-state index is 0.514. The van der Waals surface area contributed by atoms with Crippen LogP contribution < -0.4 is 4.33 Å². The van der Waals surface area contributed by atoms with Gasteiger partial charge in [0.25, 0.3) is 0 Å². The molecule has 0 saturated carbocycles. The first-order valence-electron chi connectivity index (χ1n) is 3.53. The number of nitrogens with zero attached hydrogens (tertiary/aromatic N) is 3. The molecule has 0 aromatic carbocycles. The molecule has 0 fully saturated rings. The molecule has 0 unspecified atom stereocenters. The molecular weight excluding hydrogens is 430 g/mol. The van der Waals surface area contributed by atoms with Gasteiger partial charge in [-0.2, -0.15) is 0 Å². The summed E-state index contributed by atoms with van der Waals surface area (Å²) in [7, 11) is 2.11. The SMILES string of the molecule is CN1C2=N[Se][Se]C2=CC2=C1[N][Se][Se]2. The molecule has 3 rings (SSSR count). The summed E-state index contributed by atoms with van der Waals surface area (Å²) in [6.07, 6.45) is 2.38. The molecular formula is C6H4N3Se4. The van der Waals surface area contributed by atoms with E-state index in [1.54, 1.807) is 0 Å². The van der Waals surface area contributed by atoms with Gasteiger partial charge in [0, 0.05) is 0 Å². The molecule has 0 aliphatic carbocycles. The quantitative estimate of drug-likeness (QED) is 0.427. The van der Waals surface area contributed by atoms with E-state index in [0.717, 1.165) is 0 Å². The van der Waals surface area contributed by atoms with E-state index in [1.165, 1.54) is 20.6 Å². The van der Waals surface area contributed by atoms with Crippen molar-refractivity contribution in [3.05, 3.63) is 20.8 Å². The topological polar surface area (TPSA) is 29.7 Å². The van der Waals surface area contributed by atoms with E-state index in [0.29, 0.717) is 53.0 Å². The maximum absolute atomic E-state index is 4.58. The summed E-state index contributed by atoms with van der Waals surface area (Å²) in [5.41, 5.74) is 0. The van der Waals surface area contributed by atoms with Crippen molar-refractivity contribution >= 4 is 58.8 Å². The summed E-state index contributed by atoms with van der Waals surface area (Å²) in [4.78, 5) is 2.21. The minimum atomic E-state index is 0.514. The predicted octanol–water partition coefficient (Wildman–Crippen LogP) is -1.51. The molecule has 0 spiro atoms. The van der Waals surface area contributed by atoms with E-state index >= 15 is 0 Å². The Bertz CT molecular complexity index is 359. The van der Waals surface area contributed by atoms with Crippen LogP contribution in [0, 0.1) is 0 Å². The van der Waals surface area contributed by atoms with Gasteiger partial charge in [-0.25, -0.2) is 0 Å². The molecule has 3 aliphatic rings. The standard InChI is InChI=1S/C6H4N3Se4/c1-9-5-3(10-12-7-5)2-4-6(9)8-13-11-4/h2H,1H3. The third-order valence-corrected chi connectivity index (χ3v) is 12.4. The van der Waals surface area contributed by atoms with E-state index in [-0.39, 0.29) is 0 Å². The second kappa shape index (κ2) is 3.44. The van der Waals surface area contributed by atoms with Crippen LogP contribution in [0.2, 0.25) is 0 Å². The molecule has 3 aliphatic heterocycles. The first kappa shape index (κ1) is 9.08. The summed E-state index contributed by atoms with van der Waals surface area (Å²) in [6, 6.07) is 0. The molecule has 3 nitrogen and oxygen atoms in total. The van der Waals surface area contributed by atoms with Crippen LogP contribution in [-0.4, -0.2) is 70.7 Å². The molecule has 0 N–H and O–H groups in total. The average Bonchev–Trinajstić information content (AvgIpc) is 2.71. The van der Waals surface area contributed by atoms with Gasteiger partial charge in [0.05, 0.1) is 0 Å². The van der Waals surface area contributed by atoms with Crippen molar-refractivity contribution in [2.45, 2.75) is 0 Å². The summed E-state index contributed by atoms with van der Waals surface area (Å²) < 4.78 is 12.2. The zero-order chi connectivity index (χ0) is 8.84. The Balaban J connectivity index is 2.10. The van der Waals surface area contributed by atoms with Crippen molar-refractivity contribution < 1.29 is 0 Å². The van der Waals surface area contributed by atoms with Crippen LogP contribution in [0.15, 0.2) is 24.8 Å². The van der Waals surface area contributed by atoms with Crippen LogP contribution in [0.5, 0.6) is 0 Å². The molecule has 67 valence electrons. The zero-order valence-electron chi connectivity index (χ0n) is 6.55. The third-order valence-electron chi connectivity index (χ3n) is 1.84. The molecule has 1 radical (unpaired) electrons. The van der Waals surface area contributed by atoms with Crippen molar-refractivity contribution in [3.63, 3.8) is 0 Å². The van der Waals surface area contributed by atoms with Gasteiger partial charge in [-0.1, -0.05) is 0 Å². The fraction of sp³-hybridized carbons (Fsp3) is 0.167. The third kappa shape index (κ3) is 1.40. The monoisotopic (exact) mass is 438 g/mol. The second-order valence-corrected chi connectivity index (χ2v) is 13.4.